The van der Waals surface area contributed by atoms with Crippen LogP contribution in [0.1, 0.15) is 36.2 Å². The molecule has 10 heteroatoms. The molecular weight excluding hydrogens is 377 g/mol. The predicted octanol–water partition coefficient (Wildman–Crippen LogP) is 2.39. The zero-order chi connectivity index (χ0) is 20.7. The molecule has 1 amide bonds. The smallest absolute Gasteiger partial charge is 0.257 e. The number of ether oxygens (including phenoxy) is 1. The molecule has 1 aliphatic carbocycles. The van der Waals surface area contributed by atoms with Gasteiger partial charge in [0.2, 0.25) is 5.88 Å². The summed E-state index contributed by atoms with van der Waals surface area (Å²) >= 11 is 0. The Kier molecular flexibility index (Phi) is 4.69. The molecule has 29 heavy (non-hydrogen) atoms. The fourth-order valence-electron chi connectivity index (χ4n) is 2.87. The number of alkyl halides is 1. The molecule has 0 aliphatic heterocycles. The molecule has 2 unspecified atom stereocenters. The number of pyridine rings is 1. The number of nitrogens with two attached hydrogens (primary N) is 1. The second kappa shape index (κ2) is 7.19. The van der Waals surface area contributed by atoms with Gasteiger partial charge in [-0.25, -0.2) is 14.4 Å². The molecular formula is C19H22FN7O2. The Morgan fingerprint density at radius 1 is 1.45 bits per heavy atom. The third-order valence-corrected chi connectivity index (χ3v) is 4.57. The molecule has 0 spiro atoms. The first kappa shape index (κ1) is 18.9. The van der Waals surface area contributed by atoms with Crippen molar-refractivity contribution in [3.05, 3.63) is 35.7 Å². The number of anilines is 3. The maximum Gasteiger partial charge on any atom is 0.257 e. The van der Waals surface area contributed by atoms with Crippen molar-refractivity contribution in [2.45, 2.75) is 45.5 Å². The van der Waals surface area contributed by atoms with Crippen LogP contribution in [0.2, 0.25) is 0 Å². The minimum atomic E-state index is -0.997. The van der Waals surface area contributed by atoms with Gasteiger partial charge in [0.15, 0.2) is 5.65 Å². The van der Waals surface area contributed by atoms with Gasteiger partial charge in [-0.1, -0.05) is 0 Å². The molecule has 0 radical (unpaired) electrons. The quantitative estimate of drug-likeness (QED) is 0.582. The van der Waals surface area contributed by atoms with Gasteiger partial charge in [0.1, 0.15) is 29.1 Å². The normalized spacial score (nSPS) is 18.1. The van der Waals surface area contributed by atoms with Crippen LogP contribution < -0.4 is 21.1 Å². The standard InChI is InChI=1S/C19H22FN7O2/c1-9(2)29-19-13(5-4-6-22-19)24-16-10(3)15(21)27-17(26-16)11(8-23-27)18(28)25-14-7-12(14)20/h4-6,8-9,12,14H,7,21H2,1-3H3,(H,24,26)(H,25,28). The second-order valence-electron chi connectivity index (χ2n) is 7.24. The van der Waals surface area contributed by atoms with Gasteiger partial charge < -0.3 is 21.1 Å². The van der Waals surface area contributed by atoms with E-state index in [0.29, 0.717) is 35.2 Å². The molecule has 0 saturated heterocycles. The van der Waals surface area contributed by atoms with Crippen molar-refractivity contribution in [3.63, 3.8) is 0 Å². The molecule has 3 heterocycles. The summed E-state index contributed by atoms with van der Waals surface area (Å²) in [6, 6.07) is 3.13. The first-order chi connectivity index (χ1) is 13.8. The van der Waals surface area contributed by atoms with Gasteiger partial charge in [-0.3, -0.25) is 4.79 Å². The number of hydrogen-bond donors (Lipinski definition) is 3. The molecule has 2 atom stereocenters. The number of amides is 1. The number of nitrogen functional groups attached to an aromatic ring is 1. The average Bonchev–Trinajstić information content (AvgIpc) is 3.19. The molecule has 1 saturated carbocycles. The van der Waals surface area contributed by atoms with E-state index in [0.717, 1.165) is 0 Å². The van der Waals surface area contributed by atoms with Crippen LogP contribution in [0.3, 0.4) is 0 Å². The molecule has 3 aromatic heterocycles. The first-order valence-corrected chi connectivity index (χ1v) is 9.32. The van der Waals surface area contributed by atoms with Crippen molar-refractivity contribution in [2.75, 3.05) is 11.1 Å². The lowest BCUT2D eigenvalue weighted by atomic mass is 10.2. The van der Waals surface area contributed by atoms with Crippen molar-refractivity contribution in [1.82, 2.24) is 24.9 Å². The largest absolute Gasteiger partial charge is 0.473 e. The summed E-state index contributed by atoms with van der Waals surface area (Å²) in [7, 11) is 0. The number of halogens is 1. The van der Waals surface area contributed by atoms with Crippen molar-refractivity contribution < 1.29 is 13.9 Å². The Morgan fingerprint density at radius 2 is 2.21 bits per heavy atom. The van der Waals surface area contributed by atoms with Crippen LogP contribution in [-0.2, 0) is 0 Å². The van der Waals surface area contributed by atoms with Crippen molar-refractivity contribution in [1.29, 1.82) is 0 Å². The van der Waals surface area contributed by atoms with E-state index in [1.165, 1.54) is 10.7 Å². The number of fused-ring (bicyclic) bond motifs is 1. The summed E-state index contributed by atoms with van der Waals surface area (Å²) < 4.78 is 20.3. The van der Waals surface area contributed by atoms with E-state index in [1.807, 2.05) is 19.9 Å². The Labute approximate surface area is 166 Å². The summed E-state index contributed by atoms with van der Waals surface area (Å²) in [5.41, 5.74) is 7.99. The SMILES string of the molecule is Cc1c(Nc2cccnc2OC(C)C)nc2c(C(=O)NC3CC3F)cnn2c1N. The highest BCUT2D eigenvalue weighted by atomic mass is 19.1. The third kappa shape index (κ3) is 3.65. The van der Waals surface area contributed by atoms with Crippen molar-refractivity contribution in [2.24, 2.45) is 0 Å². The summed E-state index contributed by atoms with van der Waals surface area (Å²) in [6.45, 7) is 5.61. The molecule has 0 bridgehead atoms. The maximum absolute atomic E-state index is 13.1. The average molecular weight is 399 g/mol. The fourth-order valence-corrected chi connectivity index (χ4v) is 2.87. The van der Waals surface area contributed by atoms with E-state index in [9.17, 15) is 9.18 Å². The molecule has 3 aromatic rings. The van der Waals surface area contributed by atoms with E-state index < -0.39 is 18.1 Å². The van der Waals surface area contributed by atoms with Crippen LogP contribution in [0.4, 0.5) is 21.7 Å². The summed E-state index contributed by atoms with van der Waals surface area (Å²) in [6.07, 6.45) is 2.29. The van der Waals surface area contributed by atoms with Gasteiger partial charge in [-0.2, -0.15) is 9.61 Å². The van der Waals surface area contributed by atoms with E-state index >= 15 is 0 Å². The monoisotopic (exact) mass is 399 g/mol. The van der Waals surface area contributed by atoms with Crippen LogP contribution >= 0.6 is 0 Å². The highest BCUT2D eigenvalue weighted by Crippen LogP contribution is 2.30. The van der Waals surface area contributed by atoms with Crippen LogP contribution in [0.25, 0.3) is 5.65 Å². The number of hydrogen-bond acceptors (Lipinski definition) is 7. The number of rotatable bonds is 6. The van der Waals surface area contributed by atoms with E-state index in [1.54, 1.807) is 19.2 Å². The minimum Gasteiger partial charge on any atom is -0.473 e. The molecule has 1 aliphatic rings. The van der Waals surface area contributed by atoms with Crippen LogP contribution in [0.15, 0.2) is 24.5 Å². The summed E-state index contributed by atoms with van der Waals surface area (Å²) in [5, 5.41) is 9.98. The molecule has 152 valence electrons. The van der Waals surface area contributed by atoms with Crippen LogP contribution in [0.5, 0.6) is 5.88 Å². The lowest BCUT2D eigenvalue weighted by Crippen LogP contribution is -2.27. The number of nitrogens with one attached hydrogen (secondary N) is 2. The van der Waals surface area contributed by atoms with Crippen LogP contribution in [0, 0.1) is 6.92 Å². The highest BCUT2D eigenvalue weighted by molar-refractivity contribution is 6.00. The third-order valence-electron chi connectivity index (χ3n) is 4.57. The van der Waals surface area contributed by atoms with Crippen molar-refractivity contribution >= 4 is 28.9 Å². The van der Waals surface area contributed by atoms with Crippen molar-refractivity contribution in [3.8, 4) is 5.88 Å². The summed E-state index contributed by atoms with van der Waals surface area (Å²) in [4.78, 5) is 21.3. The topological polar surface area (TPSA) is 119 Å². The lowest BCUT2D eigenvalue weighted by molar-refractivity contribution is 0.0949. The molecule has 9 nitrogen and oxygen atoms in total. The Morgan fingerprint density at radius 3 is 2.90 bits per heavy atom. The second-order valence-corrected chi connectivity index (χ2v) is 7.24. The number of aromatic nitrogens is 4. The van der Waals surface area contributed by atoms with E-state index in [2.05, 4.69) is 25.7 Å². The molecule has 0 aromatic carbocycles. The molecule has 4 rings (SSSR count). The zero-order valence-corrected chi connectivity index (χ0v) is 16.3. The molecule has 4 N–H and O–H groups in total. The Balaban J connectivity index is 1.71. The number of carbonyl (C=O) groups is 1. The maximum atomic E-state index is 13.1. The van der Waals surface area contributed by atoms with Gasteiger partial charge in [-0.05, 0) is 32.9 Å². The number of nitrogens with zero attached hydrogens (tertiary/aromatic N) is 4. The van der Waals surface area contributed by atoms with E-state index in [4.69, 9.17) is 10.5 Å². The molecule has 1 fully saturated rings. The fraction of sp³-hybridized carbons (Fsp3) is 0.368. The summed E-state index contributed by atoms with van der Waals surface area (Å²) in [5.74, 6) is 0.774. The lowest BCUT2D eigenvalue weighted by Gasteiger charge is -2.16. The van der Waals surface area contributed by atoms with Gasteiger partial charge in [-0.15, -0.1) is 0 Å². The predicted molar refractivity (Wildman–Crippen MR) is 106 cm³/mol. The first-order valence-electron chi connectivity index (χ1n) is 9.32. The Bertz CT molecular complexity index is 1080. The zero-order valence-electron chi connectivity index (χ0n) is 16.3. The van der Waals surface area contributed by atoms with E-state index in [-0.39, 0.29) is 17.3 Å². The van der Waals surface area contributed by atoms with Gasteiger partial charge in [0.05, 0.1) is 18.3 Å². The van der Waals surface area contributed by atoms with Gasteiger partial charge in [0.25, 0.3) is 5.91 Å². The van der Waals surface area contributed by atoms with Crippen LogP contribution in [-0.4, -0.2) is 43.8 Å². The minimum absolute atomic E-state index is 0.0565. The van der Waals surface area contributed by atoms with Gasteiger partial charge >= 0.3 is 0 Å². The van der Waals surface area contributed by atoms with Gasteiger partial charge in [0, 0.05) is 18.2 Å². The number of carbonyl (C=O) groups excluding carboxylic acids is 1. The highest BCUT2D eigenvalue weighted by Gasteiger charge is 2.39. The Hall–Kier alpha value is -3.43.